The second-order valence-electron chi connectivity index (χ2n) is 6.00. The molecule has 1 N–H and O–H groups in total. The molecular formula is C20H18ClFN2O3. The molecule has 3 aromatic rings. The molecule has 1 heterocycles. The smallest absolute Gasteiger partial charge is 0.412 e. The highest BCUT2D eigenvalue weighted by Crippen LogP contribution is 2.32. The molecule has 27 heavy (non-hydrogen) atoms. The summed E-state index contributed by atoms with van der Waals surface area (Å²) in [5.74, 6) is 0.379. The molecular weight excluding hydrogens is 371 g/mol. The molecule has 7 heteroatoms. The number of anilines is 1. The number of amides is 1. The lowest BCUT2D eigenvalue weighted by molar-refractivity contribution is 0.119. The average molecular weight is 389 g/mol. The molecule has 1 aromatic heterocycles. The van der Waals surface area contributed by atoms with Crippen molar-refractivity contribution in [3.63, 3.8) is 0 Å². The molecule has 2 aromatic carbocycles. The van der Waals surface area contributed by atoms with Crippen molar-refractivity contribution in [3.8, 4) is 11.3 Å². The number of hydrogen-bond donors (Lipinski definition) is 1. The molecule has 3 rings (SSSR count). The third-order valence-corrected chi connectivity index (χ3v) is 4.40. The predicted molar refractivity (Wildman–Crippen MR) is 101 cm³/mol. The molecule has 1 atom stereocenters. The zero-order valence-corrected chi connectivity index (χ0v) is 15.6. The van der Waals surface area contributed by atoms with E-state index in [0.717, 1.165) is 11.1 Å². The van der Waals surface area contributed by atoms with Gasteiger partial charge in [0.15, 0.2) is 5.76 Å². The number of carbonyl (C=O) groups excluding carboxylic acids is 1. The quantitative estimate of drug-likeness (QED) is 0.558. The third kappa shape index (κ3) is 4.28. The minimum atomic E-state index is -0.752. The number of halogens is 2. The highest BCUT2D eigenvalue weighted by Gasteiger charge is 2.20. The highest BCUT2D eigenvalue weighted by molar-refractivity contribution is 6.17. The lowest BCUT2D eigenvalue weighted by Crippen LogP contribution is -2.17. The van der Waals surface area contributed by atoms with E-state index in [4.69, 9.17) is 20.9 Å². The maximum Gasteiger partial charge on any atom is 0.412 e. The molecule has 1 amide bonds. The van der Waals surface area contributed by atoms with Gasteiger partial charge in [0, 0.05) is 17.0 Å². The molecule has 140 valence electrons. The number of aryl methyl sites for hydroxylation is 1. The Morgan fingerprint density at radius 1 is 1.26 bits per heavy atom. The number of hydrogen-bond acceptors (Lipinski definition) is 4. The van der Waals surface area contributed by atoms with Gasteiger partial charge in [0.05, 0.1) is 0 Å². The summed E-state index contributed by atoms with van der Waals surface area (Å²) in [6.07, 6.45) is -1.48. The maximum absolute atomic E-state index is 13.8. The number of aromatic nitrogens is 1. The minimum Gasteiger partial charge on any atom is -0.441 e. The summed E-state index contributed by atoms with van der Waals surface area (Å²) >= 11 is 5.80. The van der Waals surface area contributed by atoms with Gasteiger partial charge in [-0.3, -0.25) is 5.32 Å². The van der Waals surface area contributed by atoms with E-state index >= 15 is 0 Å². The molecule has 0 radical (unpaired) electrons. The van der Waals surface area contributed by atoms with Crippen LogP contribution in [0, 0.1) is 12.7 Å². The van der Waals surface area contributed by atoms with Crippen molar-refractivity contribution >= 4 is 23.4 Å². The summed E-state index contributed by atoms with van der Waals surface area (Å²) in [7, 11) is 0. The van der Waals surface area contributed by atoms with Gasteiger partial charge in [-0.15, -0.1) is 11.6 Å². The molecule has 0 spiro atoms. The number of carbonyl (C=O) groups is 1. The number of nitrogens with one attached hydrogen (secondary N) is 1. The predicted octanol–water partition coefficient (Wildman–Crippen LogP) is 5.84. The Morgan fingerprint density at radius 3 is 2.63 bits per heavy atom. The zero-order valence-electron chi connectivity index (χ0n) is 14.8. The van der Waals surface area contributed by atoms with Crippen LogP contribution in [0.25, 0.3) is 11.3 Å². The van der Waals surface area contributed by atoms with Crippen LogP contribution in [-0.4, -0.2) is 11.2 Å². The van der Waals surface area contributed by atoms with Crippen LogP contribution in [0.15, 0.2) is 53.1 Å². The Morgan fingerprint density at radius 2 is 1.96 bits per heavy atom. The molecule has 0 saturated heterocycles. The van der Waals surface area contributed by atoms with Gasteiger partial charge in [-0.05, 0) is 25.5 Å². The van der Waals surface area contributed by atoms with Gasteiger partial charge in [-0.2, -0.15) is 0 Å². The molecule has 0 saturated carbocycles. The molecule has 0 aliphatic heterocycles. The van der Waals surface area contributed by atoms with E-state index in [1.807, 2.05) is 24.3 Å². The van der Waals surface area contributed by atoms with E-state index in [9.17, 15) is 9.18 Å². The maximum atomic E-state index is 13.8. The molecule has 0 unspecified atom stereocenters. The van der Waals surface area contributed by atoms with Crippen molar-refractivity contribution < 1.29 is 18.4 Å². The van der Waals surface area contributed by atoms with E-state index in [0.29, 0.717) is 28.6 Å². The van der Waals surface area contributed by atoms with Crippen LogP contribution >= 0.6 is 11.6 Å². The summed E-state index contributed by atoms with van der Waals surface area (Å²) in [6, 6.07) is 13.5. The number of ether oxygens (including phenoxy) is 1. The number of rotatable bonds is 5. The van der Waals surface area contributed by atoms with Gasteiger partial charge < -0.3 is 9.26 Å². The standard InChI is InChI=1S/C20H18ClFN2O3/c1-12-18(19(27-24-12)15-9-7-14(11-21)8-10-15)23-20(25)26-13(2)16-5-3-4-6-17(16)22/h3-10,13H,11H2,1-2H3,(H,23,25)/t13-/m1/s1. The van der Waals surface area contributed by atoms with Gasteiger partial charge in [-0.25, -0.2) is 9.18 Å². The fraction of sp³-hybridized carbons (Fsp3) is 0.200. The van der Waals surface area contributed by atoms with Crippen molar-refractivity contribution in [2.24, 2.45) is 0 Å². The second kappa shape index (κ2) is 8.22. The van der Waals surface area contributed by atoms with Crippen LogP contribution in [0.5, 0.6) is 0 Å². The molecule has 0 fully saturated rings. The van der Waals surface area contributed by atoms with E-state index < -0.39 is 18.0 Å². The van der Waals surface area contributed by atoms with Gasteiger partial charge in [0.25, 0.3) is 0 Å². The fourth-order valence-corrected chi connectivity index (χ4v) is 2.80. The van der Waals surface area contributed by atoms with Crippen molar-refractivity contribution in [1.82, 2.24) is 5.16 Å². The van der Waals surface area contributed by atoms with E-state index in [2.05, 4.69) is 10.5 Å². The Balaban J connectivity index is 1.76. The molecule has 0 aliphatic carbocycles. The first-order valence-electron chi connectivity index (χ1n) is 8.33. The first-order valence-corrected chi connectivity index (χ1v) is 8.86. The summed E-state index contributed by atoms with van der Waals surface area (Å²) in [5, 5.41) is 6.55. The Hall–Kier alpha value is -2.86. The lowest BCUT2D eigenvalue weighted by atomic mass is 10.1. The first kappa shape index (κ1) is 18.9. The van der Waals surface area contributed by atoms with E-state index in [1.54, 1.807) is 32.0 Å². The molecule has 0 aliphatic rings. The van der Waals surface area contributed by atoms with Crippen LogP contribution in [0.1, 0.15) is 29.8 Å². The van der Waals surface area contributed by atoms with Crippen molar-refractivity contribution in [2.75, 3.05) is 5.32 Å². The van der Waals surface area contributed by atoms with Crippen molar-refractivity contribution in [3.05, 3.63) is 71.2 Å². The Bertz CT molecular complexity index is 941. The highest BCUT2D eigenvalue weighted by atomic mass is 35.5. The fourth-order valence-electron chi connectivity index (χ4n) is 2.62. The van der Waals surface area contributed by atoms with Crippen LogP contribution < -0.4 is 5.32 Å². The normalized spacial score (nSPS) is 11.9. The Kier molecular flexibility index (Phi) is 5.76. The van der Waals surface area contributed by atoms with Gasteiger partial charge >= 0.3 is 6.09 Å². The largest absolute Gasteiger partial charge is 0.441 e. The SMILES string of the molecule is Cc1noc(-c2ccc(CCl)cc2)c1NC(=O)O[C@H](C)c1ccccc1F. The molecule has 0 bridgehead atoms. The van der Waals surface area contributed by atoms with Crippen molar-refractivity contribution in [1.29, 1.82) is 0 Å². The lowest BCUT2D eigenvalue weighted by Gasteiger charge is -2.15. The van der Waals surface area contributed by atoms with E-state index in [-0.39, 0.29) is 0 Å². The zero-order chi connectivity index (χ0) is 19.4. The van der Waals surface area contributed by atoms with Crippen LogP contribution in [0.4, 0.5) is 14.9 Å². The van der Waals surface area contributed by atoms with Crippen LogP contribution in [0.3, 0.4) is 0 Å². The number of alkyl halides is 1. The third-order valence-electron chi connectivity index (χ3n) is 4.09. The summed E-state index contributed by atoms with van der Waals surface area (Å²) < 4.78 is 24.5. The Labute approximate surface area is 161 Å². The second-order valence-corrected chi connectivity index (χ2v) is 6.26. The van der Waals surface area contributed by atoms with Gasteiger partial charge in [0.1, 0.15) is 23.3 Å². The van der Waals surface area contributed by atoms with Gasteiger partial charge in [0.2, 0.25) is 0 Å². The first-order chi connectivity index (χ1) is 13.0. The summed E-state index contributed by atoms with van der Waals surface area (Å²) in [6.45, 7) is 3.31. The van der Waals surface area contributed by atoms with Gasteiger partial charge in [-0.1, -0.05) is 47.6 Å². The number of nitrogens with zero attached hydrogens (tertiary/aromatic N) is 1. The average Bonchev–Trinajstić information content (AvgIpc) is 3.02. The monoisotopic (exact) mass is 388 g/mol. The summed E-state index contributed by atoms with van der Waals surface area (Å²) in [4.78, 5) is 12.3. The molecule has 5 nitrogen and oxygen atoms in total. The van der Waals surface area contributed by atoms with Crippen LogP contribution in [0.2, 0.25) is 0 Å². The topological polar surface area (TPSA) is 64.4 Å². The van der Waals surface area contributed by atoms with Crippen molar-refractivity contribution in [2.45, 2.75) is 25.8 Å². The minimum absolute atomic E-state index is 0.298. The number of benzene rings is 2. The van der Waals surface area contributed by atoms with Crippen LogP contribution in [-0.2, 0) is 10.6 Å². The summed E-state index contributed by atoms with van der Waals surface area (Å²) in [5.41, 5.74) is 2.90. The van der Waals surface area contributed by atoms with E-state index in [1.165, 1.54) is 6.07 Å².